The average molecular weight is 374 g/mol. The average Bonchev–Trinajstić information content (AvgIpc) is 3.01. The Labute approximate surface area is 159 Å². The minimum Gasteiger partial charge on any atom is -0.342 e. The van der Waals surface area contributed by atoms with E-state index in [4.69, 9.17) is 5.84 Å². The van der Waals surface area contributed by atoms with Crippen LogP contribution in [0.4, 0.5) is 0 Å². The summed E-state index contributed by atoms with van der Waals surface area (Å²) in [5.41, 5.74) is 2.09. The van der Waals surface area contributed by atoms with E-state index in [-0.39, 0.29) is 5.91 Å². The third-order valence-corrected chi connectivity index (χ3v) is 6.15. The minimum atomic E-state index is 0.120. The monoisotopic (exact) mass is 373 g/mol. The number of aryl methyl sites for hydroxylation is 1. The fraction of sp³-hybridized carbons (Fsp3) is 0.526. The molecule has 1 amide bonds. The first-order valence-electron chi connectivity index (χ1n) is 9.11. The van der Waals surface area contributed by atoms with Crippen molar-refractivity contribution >= 4 is 17.7 Å². The van der Waals surface area contributed by atoms with Crippen molar-refractivity contribution in [1.82, 2.24) is 19.8 Å². The number of thioether (sulfide) groups is 1. The van der Waals surface area contributed by atoms with E-state index in [1.54, 1.807) is 0 Å². The number of amides is 1. The van der Waals surface area contributed by atoms with Crippen molar-refractivity contribution < 1.29 is 4.79 Å². The van der Waals surface area contributed by atoms with Gasteiger partial charge in [-0.05, 0) is 38.5 Å². The lowest BCUT2D eigenvalue weighted by Crippen LogP contribution is -2.40. The van der Waals surface area contributed by atoms with Crippen molar-refractivity contribution in [2.75, 3.05) is 18.6 Å². The fourth-order valence-electron chi connectivity index (χ4n) is 3.34. The summed E-state index contributed by atoms with van der Waals surface area (Å²) in [6.45, 7) is 4.32. The van der Waals surface area contributed by atoms with Gasteiger partial charge in [-0.15, -0.1) is 10.2 Å². The lowest BCUT2D eigenvalue weighted by atomic mass is 9.87. The van der Waals surface area contributed by atoms with E-state index >= 15 is 0 Å². The molecule has 1 aliphatic carbocycles. The minimum absolute atomic E-state index is 0.120. The number of nitrogen functional groups attached to an aromatic ring is 1. The van der Waals surface area contributed by atoms with Gasteiger partial charge in [0.15, 0.2) is 5.82 Å². The van der Waals surface area contributed by atoms with Crippen LogP contribution in [-0.4, -0.2) is 44.5 Å². The predicted octanol–water partition coefficient (Wildman–Crippen LogP) is 3.10. The number of rotatable bonds is 5. The van der Waals surface area contributed by atoms with Crippen molar-refractivity contribution in [3.05, 3.63) is 29.8 Å². The van der Waals surface area contributed by atoms with Crippen LogP contribution in [0, 0.1) is 12.8 Å². The molecule has 2 N–H and O–H groups in total. The normalized spacial score (nSPS) is 20.1. The highest BCUT2D eigenvalue weighted by molar-refractivity contribution is 7.99. The standard InChI is InChI=1S/C19H27N5OS/c1-13-4-8-15(9-5-13)18-21-22-19(24(18)20)26-12-17(25)23(3)16-10-6-14(2)7-11-16/h4-5,8-9,14,16H,6-7,10-12,20H2,1-3H3. The predicted molar refractivity (Wildman–Crippen MR) is 105 cm³/mol. The van der Waals surface area contributed by atoms with Gasteiger partial charge in [-0.3, -0.25) is 4.79 Å². The van der Waals surface area contributed by atoms with Crippen molar-refractivity contribution in [1.29, 1.82) is 0 Å². The van der Waals surface area contributed by atoms with Gasteiger partial charge in [-0.25, -0.2) is 4.68 Å². The molecular weight excluding hydrogens is 346 g/mol. The summed E-state index contributed by atoms with van der Waals surface area (Å²) in [5.74, 6) is 7.97. The second-order valence-electron chi connectivity index (χ2n) is 7.25. The van der Waals surface area contributed by atoms with Gasteiger partial charge in [0, 0.05) is 18.7 Å². The molecule has 7 heteroatoms. The van der Waals surface area contributed by atoms with Crippen LogP contribution in [0.25, 0.3) is 11.4 Å². The van der Waals surface area contributed by atoms with Crippen LogP contribution < -0.4 is 5.84 Å². The molecule has 0 saturated heterocycles. The molecule has 1 aromatic carbocycles. The quantitative estimate of drug-likeness (QED) is 0.644. The van der Waals surface area contributed by atoms with Gasteiger partial charge in [0.25, 0.3) is 0 Å². The summed E-state index contributed by atoms with van der Waals surface area (Å²) in [7, 11) is 1.91. The molecule has 0 atom stereocenters. The second-order valence-corrected chi connectivity index (χ2v) is 8.19. The van der Waals surface area contributed by atoms with Crippen LogP contribution in [0.1, 0.15) is 38.2 Å². The van der Waals surface area contributed by atoms with Gasteiger partial charge >= 0.3 is 0 Å². The van der Waals surface area contributed by atoms with E-state index in [1.165, 1.54) is 34.8 Å². The molecule has 26 heavy (non-hydrogen) atoms. The number of aromatic nitrogens is 3. The molecule has 1 aromatic heterocycles. The molecule has 1 saturated carbocycles. The molecule has 2 aromatic rings. The highest BCUT2D eigenvalue weighted by Gasteiger charge is 2.25. The zero-order valence-corrected chi connectivity index (χ0v) is 16.5. The van der Waals surface area contributed by atoms with E-state index in [0.29, 0.717) is 22.8 Å². The van der Waals surface area contributed by atoms with Crippen LogP contribution in [0.5, 0.6) is 0 Å². The molecule has 1 aliphatic rings. The Bertz CT molecular complexity index is 750. The first-order valence-corrected chi connectivity index (χ1v) is 10.1. The van der Waals surface area contributed by atoms with Crippen LogP contribution in [0.15, 0.2) is 29.4 Å². The van der Waals surface area contributed by atoms with Gasteiger partial charge in [0.1, 0.15) is 0 Å². The zero-order valence-electron chi connectivity index (χ0n) is 15.7. The summed E-state index contributed by atoms with van der Waals surface area (Å²) in [6, 6.07) is 8.33. The summed E-state index contributed by atoms with van der Waals surface area (Å²) in [5, 5.41) is 8.88. The van der Waals surface area contributed by atoms with Crippen molar-refractivity contribution in [3.8, 4) is 11.4 Å². The molecule has 0 aliphatic heterocycles. The van der Waals surface area contributed by atoms with E-state index in [1.807, 2.05) is 43.1 Å². The number of carbonyl (C=O) groups is 1. The molecule has 0 bridgehead atoms. The molecular formula is C19H27N5OS. The number of hydrogen-bond donors (Lipinski definition) is 1. The smallest absolute Gasteiger partial charge is 0.233 e. The maximum Gasteiger partial charge on any atom is 0.233 e. The molecule has 3 rings (SSSR count). The molecule has 0 unspecified atom stereocenters. The second kappa shape index (κ2) is 8.12. The van der Waals surface area contributed by atoms with E-state index in [2.05, 4.69) is 17.1 Å². The molecule has 6 nitrogen and oxygen atoms in total. The Morgan fingerprint density at radius 1 is 1.23 bits per heavy atom. The van der Waals surface area contributed by atoms with Gasteiger partial charge in [0.2, 0.25) is 11.1 Å². The Morgan fingerprint density at radius 2 is 1.88 bits per heavy atom. The van der Waals surface area contributed by atoms with E-state index < -0.39 is 0 Å². The number of nitrogens with zero attached hydrogens (tertiary/aromatic N) is 4. The van der Waals surface area contributed by atoms with Crippen molar-refractivity contribution in [3.63, 3.8) is 0 Å². The van der Waals surface area contributed by atoms with Gasteiger partial charge in [-0.1, -0.05) is 48.5 Å². The lowest BCUT2D eigenvalue weighted by Gasteiger charge is -2.33. The zero-order chi connectivity index (χ0) is 18.7. The Morgan fingerprint density at radius 3 is 2.54 bits per heavy atom. The molecule has 0 spiro atoms. The summed E-state index contributed by atoms with van der Waals surface area (Å²) in [6.07, 6.45) is 4.59. The third-order valence-electron chi connectivity index (χ3n) is 5.23. The summed E-state index contributed by atoms with van der Waals surface area (Å²) < 4.78 is 1.46. The van der Waals surface area contributed by atoms with Gasteiger partial charge < -0.3 is 10.7 Å². The van der Waals surface area contributed by atoms with Crippen LogP contribution in [-0.2, 0) is 4.79 Å². The summed E-state index contributed by atoms with van der Waals surface area (Å²) >= 11 is 1.34. The number of nitrogens with two attached hydrogens (primary N) is 1. The Kier molecular flexibility index (Phi) is 5.86. The summed E-state index contributed by atoms with van der Waals surface area (Å²) in [4.78, 5) is 14.4. The van der Waals surface area contributed by atoms with Crippen molar-refractivity contribution in [2.24, 2.45) is 5.92 Å². The highest BCUT2D eigenvalue weighted by Crippen LogP contribution is 2.27. The van der Waals surface area contributed by atoms with Crippen LogP contribution in [0.3, 0.4) is 0 Å². The SMILES string of the molecule is Cc1ccc(-c2nnc(SCC(=O)N(C)C3CCC(C)CC3)n2N)cc1. The highest BCUT2D eigenvalue weighted by atomic mass is 32.2. The maximum atomic E-state index is 12.5. The Hall–Kier alpha value is -2.02. The van der Waals surface area contributed by atoms with E-state index in [9.17, 15) is 4.79 Å². The molecule has 1 fully saturated rings. The lowest BCUT2D eigenvalue weighted by molar-refractivity contribution is -0.129. The van der Waals surface area contributed by atoms with Gasteiger partial charge in [-0.2, -0.15) is 0 Å². The topological polar surface area (TPSA) is 77.0 Å². The maximum absolute atomic E-state index is 12.5. The Balaban J connectivity index is 1.59. The van der Waals surface area contributed by atoms with Gasteiger partial charge in [0.05, 0.1) is 5.75 Å². The van der Waals surface area contributed by atoms with Crippen LogP contribution >= 0.6 is 11.8 Å². The largest absolute Gasteiger partial charge is 0.342 e. The van der Waals surface area contributed by atoms with Crippen LogP contribution in [0.2, 0.25) is 0 Å². The number of benzene rings is 1. The molecule has 140 valence electrons. The molecule has 1 heterocycles. The van der Waals surface area contributed by atoms with Crippen molar-refractivity contribution in [2.45, 2.75) is 50.7 Å². The number of carbonyl (C=O) groups excluding carboxylic acids is 1. The first kappa shape index (κ1) is 18.8. The molecule has 0 radical (unpaired) electrons. The number of hydrogen-bond acceptors (Lipinski definition) is 5. The fourth-order valence-corrected chi connectivity index (χ4v) is 4.12. The first-order chi connectivity index (χ1) is 12.5. The van der Waals surface area contributed by atoms with E-state index in [0.717, 1.165) is 24.3 Å². The third kappa shape index (κ3) is 4.20.